The van der Waals surface area contributed by atoms with Crippen molar-refractivity contribution < 1.29 is 14.7 Å². The largest absolute Gasteiger partial charge is 0.505 e. The van der Waals surface area contributed by atoms with E-state index in [-0.39, 0.29) is 11.8 Å². The number of aromatic nitrogens is 2. The van der Waals surface area contributed by atoms with Crippen molar-refractivity contribution in [1.29, 1.82) is 0 Å². The monoisotopic (exact) mass is 448 g/mol. The quantitative estimate of drug-likeness (QED) is 0.267. The summed E-state index contributed by atoms with van der Waals surface area (Å²) < 4.78 is 0. The van der Waals surface area contributed by atoms with E-state index in [1.54, 1.807) is 37.2 Å². The second-order valence-corrected chi connectivity index (χ2v) is 7.66. The Labute approximate surface area is 192 Å². The van der Waals surface area contributed by atoms with Gasteiger partial charge in [-0.25, -0.2) is 9.78 Å². The Morgan fingerprint density at radius 3 is 2.39 bits per heavy atom. The van der Waals surface area contributed by atoms with Crippen molar-refractivity contribution >= 4 is 34.2 Å². The number of aliphatic hydroxyl groups excluding tert-OH is 1. The molecule has 0 unspecified atom stereocenters. The van der Waals surface area contributed by atoms with E-state index >= 15 is 0 Å². The Morgan fingerprint density at radius 1 is 1.12 bits per heavy atom. The molecule has 33 heavy (non-hydrogen) atoms. The number of carbonyl (C=O) groups is 2. The molecule has 0 aliphatic rings. The van der Waals surface area contributed by atoms with Crippen LogP contribution in [0, 0.1) is 0 Å². The summed E-state index contributed by atoms with van der Waals surface area (Å²) in [6.45, 7) is 6.85. The number of nitrogens with one attached hydrogen (secondary N) is 3. The van der Waals surface area contributed by atoms with E-state index < -0.39 is 5.91 Å². The average molecular weight is 449 g/mol. The van der Waals surface area contributed by atoms with Crippen molar-refractivity contribution in [2.75, 3.05) is 20.6 Å². The molecule has 1 heterocycles. The van der Waals surface area contributed by atoms with Crippen LogP contribution in [0.5, 0.6) is 0 Å². The molecule has 0 atom stereocenters. The van der Waals surface area contributed by atoms with Gasteiger partial charge >= 0.3 is 6.03 Å². The summed E-state index contributed by atoms with van der Waals surface area (Å²) in [5.41, 5.74) is 9.49. The van der Waals surface area contributed by atoms with Crippen LogP contribution < -0.4 is 16.4 Å². The van der Waals surface area contributed by atoms with E-state index in [2.05, 4.69) is 27.2 Å². The molecule has 2 aromatic carbocycles. The minimum atomic E-state index is -0.530. The van der Waals surface area contributed by atoms with Crippen molar-refractivity contribution in [1.82, 2.24) is 25.5 Å². The van der Waals surface area contributed by atoms with Gasteiger partial charge in [-0.05, 0) is 36.2 Å². The fourth-order valence-corrected chi connectivity index (χ4v) is 3.32. The molecule has 6 N–H and O–H groups in total. The van der Waals surface area contributed by atoms with E-state index in [9.17, 15) is 14.7 Å². The third-order valence-electron chi connectivity index (χ3n) is 5.04. The number of benzene rings is 2. The highest BCUT2D eigenvalue weighted by molar-refractivity contribution is 5.96. The van der Waals surface area contributed by atoms with Crippen LogP contribution in [0.15, 0.2) is 54.8 Å². The van der Waals surface area contributed by atoms with Gasteiger partial charge in [-0.15, -0.1) is 0 Å². The third kappa shape index (κ3) is 5.32. The molecule has 0 spiro atoms. The zero-order valence-corrected chi connectivity index (χ0v) is 18.9. The number of hydrogen-bond donors (Lipinski definition) is 5. The fraction of sp³-hybridized carbons (Fsp3) is 0.208. The number of urea groups is 1. The minimum absolute atomic E-state index is 0.0395. The van der Waals surface area contributed by atoms with Gasteiger partial charge in [0.2, 0.25) is 5.91 Å². The number of H-pyrrole nitrogens is 1. The summed E-state index contributed by atoms with van der Waals surface area (Å²) in [4.78, 5) is 32.5. The van der Waals surface area contributed by atoms with Crippen molar-refractivity contribution in [2.45, 2.75) is 13.5 Å². The lowest BCUT2D eigenvalue weighted by Gasteiger charge is -2.18. The average Bonchev–Trinajstić information content (AvgIpc) is 3.20. The smallest absolute Gasteiger partial charge is 0.315 e. The maximum Gasteiger partial charge on any atom is 0.315 e. The highest BCUT2D eigenvalue weighted by Gasteiger charge is 2.19. The number of hydrogen-bond acceptors (Lipinski definition) is 5. The Kier molecular flexibility index (Phi) is 7.02. The van der Waals surface area contributed by atoms with E-state index in [0.717, 1.165) is 11.1 Å². The van der Waals surface area contributed by atoms with Crippen LogP contribution in [0.1, 0.15) is 34.2 Å². The van der Waals surface area contributed by atoms with Gasteiger partial charge in [-0.1, -0.05) is 30.8 Å². The number of nitrogens with zero attached hydrogens (tertiary/aromatic N) is 2. The van der Waals surface area contributed by atoms with Gasteiger partial charge in [0.15, 0.2) is 5.82 Å². The van der Waals surface area contributed by atoms with Gasteiger partial charge in [-0.2, -0.15) is 0 Å². The molecular formula is C24H28N6O3. The number of allylic oxidation sites excluding steroid dienone is 1. The van der Waals surface area contributed by atoms with Gasteiger partial charge in [-0.3, -0.25) is 4.79 Å². The molecule has 0 bridgehead atoms. The number of aromatic amines is 1. The van der Waals surface area contributed by atoms with E-state index in [1.807, 2.05) is 31.2 Å². The van der Waals surface area contributed by atoms with Gasteiger partial charge in [0.1, 0.15) is 11.5 Å². The lowest BCUT2D eigenvalue weighted by molar-refractivity contribution is 0.100. The van der Waals surface area contributed by atoms with E-state index in [0.29, 0.717) is 46.8 Å². The molecule has 9 nitrogen and oxygen atoms in total. The first-order chi connectivity index (χ1) is 15.7. The van der Waals surface area contributed by atoms with Gasteiger partial charge in [0, 0.05) is 38.3 Å². The summed E-state index contributed by atoms with van der Waals surface area (Å²) >= 11 is 0. The molecule has 3 rings (SSSR count). The molecule has 172 valence electrons. The SMILES string of the molecule is C=C(/C(O)=C(/c1nc2ccc(C(N)=O)cc2[nH]1)N(C)C)c1ccc(CNC(=O)NCC)cc1. The lowest BCUT2D eigenvalue weighted by Crippen LogP contribution is -2.34. The van der Waals surface area contributed by atoms with Crippen LogP contribution in [0.3, 0.4) is 0 Å². The molecule has 0 saturated carbocycles. The number of fused-ring (bicyclic) bond motifs is 1. The summed E-state index contributed by atoms with van der Waals surface area (Å²) in [7, 11) is 3.58. The highest BCUT2D eigenvalue weighted by atomic mass is 16.3. The normalized spacial score (nSPS) is 11.6. The zero-order chi connectivity index (χ0) is 24.1. The molecule has 0 saturated heterocycles. The first-order valence-electron chi connectivity index (χ1n) is 10.4. The summed E-state index contributed by atoms with van der Waals surface area (Å²) in [6, 6.07) is 12.1. The molecule has 1 aromatic heterocycles. The number of imidazole rings is 1. The number of aliphatic hydroxyl groups is 1. The zero-order valence-electron chi connectivity index (χ0n) is 18.9. The molecule has 0 fully saturated rings. The van der Waals surface area contributed by atoms with Crippen LogP contribution in [0.4, 0.5) is 4.79 Å². The van der Waals surface area contributed by atoms with Crippen LogP contribution in [0.2, 0.25) is 0 Å². The van der Waals surface area contributed by atoms with Gasteiger partial charge in [0.05, 0.1) is 11.0 Å². The standard InChI is InChI=1S/C24H28N6O3/c1-5-26-24(33)27-13-15-6-8-16(9-7-15)14(2)21(31)20(30(3)4)23-28-18-11-10-17(22(25)32)12-19(18)29-23/h6-12,31H,2,5,13H2,1,3-4H3,(H2,25,32)(H,28,29)(H2,26,27,33)/b21-20+. The Bertz CT molecular complexity index is 1220. The third-order valence-corrected chi connectivity index (χ3v) is 5.04. The molecule has 9 heteroatoms. The molecule has 3 amide bonds. The summed E-state index contributed by atoms with van der Waals surface area (Å²) in [6.07, 6.45) is 0. The van der Waals surface area contributed by atoms with Crippen LogP contribution in [0.25, 0.3) is 22.3 Å². The van der Waals surface area contributed by atoms with Crippen molar-refractivity contribution in [3.63, 3.8) is 0 Å². The predicted octanol–water partition coefficient (Wildman–Crippen LogP) is 2.98. The van der Waals surface area contributed by atoms with Crippen LogP contribution in [-0.2, 0) is 6.54 Å². The second kappa shape index (κ2) is 9.90. The van der Waals surface area contributed by atoms with Crippen molar-refractivity contribution in [3.8, 4) is 0 Å². The summed E-state index contributed by atoms with van der Waals surface area (Å²) in [5, 5.41) is 16.5. The lowest BCUT2D eigenvalue weighted by atomic mass is 10.0. The number of nitrogens with two attached hydrogens (primary N) is 1. The Hall–Kier alpha value is -4.27. The molecule has 0 radical (unpaired) electrons. The predicted molar refractivity (Wildman–Crippen MR) is 129 cm³/mol. The molecule has 3 aromatic rings. The highest BCUT2D eigenvalue weighted by Crippen LogP contribution is 2.29. The van der Waals surface area contributed by atoms with Gasteiger partial charge < -0.3 is 31.4 Å². The minimum Gasteiger partial charge on any atom is -0.505 e. The molecule has 0 aliphatic heterocycles. The maximum atomic E-state index is 11.6. The number of amides is 3. The second-order valence-electron chi connectivity index (χ2n) is 7.66. The van der Waals surface area contributed by atoms with Crippen molar-refractivity contribution in [2.24, 2.45) is 5.73 Å². The van der Waals surface area contributed by atoms with Crippen molar-refractivity contribution in [3.05, 3.63) is 77.3 Å². The fourth-order valence-electron chi connectivity index (χ4n) is 3.32. The topological polar surface area (TPSA) is 136 Å². The maximum absolute atomic E-state index is 11.6. The van der Waals surface area contributed by atoms with E-state index in [1.165, 1.54) is 0 Å². The number of rotatable bonds is 8. The number of primary amides is 1. The van der Waals surface area contributed by atoms with Crippen LogP contribution in [-0.4, -0.2) is 52.6 Å². The van der Waals surface area contributed by atoms with Crippen LogP contribution >= 0.6 is 0 Å². The first kappa shape index (κ1) is 23.4. The first-order valence-corrected chi connectivity index (χ1v) is 10.4. The number of carbonyl (C=O) groups excluding carboxylic acids is 2. The Morgan fingerprint density at radius 2 is 1.79 bits per heavy atom. The molecular weight excluding hydrogens is 420 g/mol. The Balaban J connectivity index is 1.88. The summed E-state index contributed by atoms with van der Waals surface area (Å²) in [5.74, 6) is -0.141. The van der Waals surface area contributed by atoms with E-state index in [4.69, 9.17) is 5.73 Å². The van der Waals surface area contributed by atoms with Gasteiger partial charge in [0.25, 0.3) is 0 Å². The molecule has 0 aliphatic carbocycles.